The molecule has 0 atom stereocenters. The molecule has 1 amide bonds. The molecule has 150 valence electrons. The number of carbonyl (C=O) groups excluding carboxylic acids is 1. The molecule has 0 unspecified atom stereocenters. The minimum atomic E-state index is -0.137. The van der Waals surface area contributed by atoms with Crippen LogP contribution in [0.15, 0.2) is 42.7 Å². The van der Waals surface area contributed by atoms with Crippen LogP contribution in [0.1, 0.15) is 45.7 Å². The molecule has 1 saturated carbocycles. The highest BCUT2D eigenvalue weighted by molar-refractivity contribution is 5.97. The van der Waals surface area contributed by atoms with E-state index in [0.29, 0.717) is 42.5 Å². The molecular weight excluding hydrogens is 378 g/mol. The van der Waals surface area contributed by atoms with E-state index >= 15 is 0 Å². The van der Waals surface area contributed by atoms with Gasteiger partial charge in [-0.1, -0.05) is 0 Å². The number of ether oxygens (including phenoxy) is 1. The smallest absolute Gasteiger partial charge is 0.258 e. The van der Waals surface area contributed by atoms with Crippen LogP contribution in [0.25, 0.3) is 5.69 Å². The fourth-order valence-electron chi connectivity index (χ4n) is 3.66. The van der Waals surface area contributed by atoms with E-state index in [4.69, 9.17) is 4.74 Å². The number of carbonyl (C=O) groups is 1. The number of nitriles is 1. The van der Waals surface area contributed by atoms with E-state index in [-0.39, 0.29) is 5.91 Å². The molecule has 7 heteroatoms. The van der Waals surface area contributed by atoms with Gasteiger partial charge in [0.15, 0.2) is 0 Å². The molecule has 1 fully saturated rings. The maximum absolute atomic E-state index is 13.3. The van der Waals surface area contributed by atoms with E-state index < -0.39 is 0 Å². The zero-order chi connectivity index (χ0) is 20.7. The molecule has 7 nitrogen and oxygen atoms in total. The molecule has 3 aromatic rings. The first-order valence-corrected chi connectivity index (χ1v) is 10.1. The maximum atomic E-state index is 13.3. The molecule has 0 radical (unpaired) electrons. The number of aryl methyl sites for hydroxylation is 1. The minimum absolute atomic E-state index is 0.137. The molecule has 3 heterocycles. The van der Waals surface area contributed by atoms with E-state index in [1.165, 1.54) is 12.8 Å². The number of aromatic nitrogens is 3. The average Bonchev–Trinajstić information content (AvgIpc) is 3.37. The summed E-state index contributed by atoms with van der Waals surface area (Å²) in [6, 6.07) is 11.0. The topological polar surface area (TPSA) is 84.0 Å². The summed E-state index contributed by atoms with van der Waals surface area (Å²) in [5, 5.41) is 13.9. The van der Waals surface area contributed by atoms with E-state index in [2.05, 4.69) is 16.2 Å². The number of fused-ring (bicyclic) bond motifs is 1. The highest BCUT2D eigenvalue weighted by Crippen LogP contribution is 2.32. The van der Waals surface area contributed by atoms with E-state index in [1.54, 1.807) is 29.3 Å². The van der Waals surface area contributed by atoms with Crippen molar-refractivity contribution in [2.75, 3.05) is 6.61 Å². The SMILES string of the molecule is Cc1cc(-n2cc3c(n2)CN(C(=O)c2cc(C#N)ccc2OCC2CC2)C3)ccn1. The molecule has 5 rings (SSSR count). The Hall–Kier alpha value is -3.66. The first-order valence-electron chi connectivity index (χ1n) is 10.1. The van der Waals surface area contributed by atoms with Crippen LogP contribution < -0.4 is 4.74 Å². The monoisotopic (exact) mass is 399 g/mol. The summed E-state index contributed by atoms with van der Waals surface area (Å²) in [4.78, 5) is 19.2. The standard InChI is InChI=1S/C23H21N5O2/c1-15-8-19(6-7-25-15)28-12-18-11-27(13-21(18)26-28)23(29)20-9-17(10-24)4-5-22(20)30-14-16-2-3-16/h4-9,12,16H,2-3,11,13-14H2,1H3. The maximum Gasteiger partial charge on any atom is 0.258 e. The van der Waals surface area contributed by atoms with Crippen molar-refractivity contribution in [3.63, 3.8) is 0 Å². The molecule has 0 bridgehead atoms. The lowest BCUT2D eigenvalue weighted by Crippen LogP contribution is -2.26. The van der Waals surface area contributed by atoms with Crippen molar-refractivity contribution in [3.8, 4) is 17.5 Å². The summed E-state index contributed by atoms with van der Waals surface area (Å²) in [5.74, 6) is 0.993. The summed E-state index contributed by atoms with van der Waals surface area (Å²) in [5.41, 5.74) is 4.68. The Kier molecular flexibility index (Phi) is 4.47. The lowest BCUT2D eigenvalue weighted by atomic mass is 10.1. The van der Waals surface area contributed by atoms with E-state index in [1.807, 2.05) is 29.9 Å². The highest BCUT2D eigenvalue weighted by atomic mass is 16.5. The number of pyridine rings is 1. The summed E-state index contributed by atoms with van der Waals surface area (Å²) >= 11 is 0. The zero-order valence-electron chi connectivity index (χ0n) is 16.7. The molecule has 2 aliphatic rings. The van der Waals surface area contributed by atoms with Gasteiger partial charge in [-0.3, -0.25) is 9.78 Å². The van der Waals surface area contributed by atoms with Crippen LogP contribution >= 0.6 is 0 Å². The van der Waals surface area contributed by atoms with Gasteiger partial charge < -0.3 is 9.64 Å². The molecular formula is C23H21N5O2. The van der Waals surface area contributed by atoms with Crippen molar-refractivity contribution in [2.24, 2.45) is 5.92 Å². The molecule has 0 N–H and O–H groups in total. The minimum Gasteiger partial charge on any atom is -0.492 e. The van der Waals surface area contributed by atoms with Crippen molar-refractivity contribution in [2.45, 2.75) is 32.9 Å². The second-order valence-corrected chi connectivity index (χ2v) is 7.94. The largest absolute Gasteiger partial charge is 0.492 e. The number of amides is 1. The normalized spacial score (nSPS) is 15.0. The molecule has 30 heavy (non-hydrogen) atoms. The van der Waals surface area contributed by atoms with Gasteiger partial charge in [-0.2, -0.15) is 10.4 Å². The summed E-state index contributed by atoms with van der Waals surface area (Å²) < 4.78 is 7.74. The van der Waals surface area contributed by atoms with Gasteiger partial charge in [0.2, 0.25) is 0 Å². The first kappa shape index (κ1) is 18.4. The molecule has 1 aromatic carbocycles. The molecule has 1 aliphatic carbocycles. The Labute approximate surface area is 174 Å². The highest BCUT2D eigenvalue weighted by Gasteiger charge is 2.30. The summed E-state index contributed by atoms with van der Waals surface area (Å²) in [7, 11) is 0. The van der Waals surface area contributed by atoms with Gasteiger partial charge in [0.25, 0.3) is 5.91 Å². The van der Waals surface area contributed by atoms with Crippen LogP contribution in [0.4, 0.5) is 0 Å². The van der Waals surface area contributed by atoms with Gasteiger partial charge in [-0.05, 0) is 56.0 Å². The zero-order valence-corrected chi connectivity index (χ0v) is 16.7. The van der Waals surface area contributed by atoms with Crippen molar-refractivity contribution < 1.29 is 9.53 Å². The third kappa shape index (κ3) is 3.52. The fraction of sp³-hybridized carbons (Fsp3) is 0.304. The second kappa shape index (κ2) is 7.30. The van der Waals surface area contributed by atoms with E-state index in [9.17, 15) is 10.1 Å². The number of hydrogen-bond donors (Lipinski definition) is 0. The summed E-state index contributed by atoms with van der Waals surface area (Å²) in [6.07, 6.45) is 6.08. The van der Waals surface area contributed by atoms with Crippen LogP contribution in [0.5, 0.6) is 5.75 Å². The van der Waals surface area contributed by atoms with Gasteiger partial charge in [0, 0.05) is 30.2 Å². The predicted octanol–water partition coefficient (Wildman–Crippen LogP) is 3.39. The lowest BCUT2D eigenvalue weighted by Gasteiger charge is -2.18. The number of nitrogens with zero attached hydrogens (tertiary/aromatic N) is 5. The van der Waals surface area contributed by atoms with Crippen LogP contribution in [0.3, 0.4) is 0 Å². The quantitative estimate of drug-likeness (QED) is 0.657. The van der Waals surface area contributed by atoms with Crippen LogP contribution in [-0.4, -0.2) is 32.2 Å². The number of hydrogen-bond acceptors (Lipinski definition) is 5. The lowest BCUT2D eigenvalue weighted by molar-refractivity contribution is 0.0744. The number of benzene rings is 1. The Bertz CT molecular complexity index is 1150. The predicted molar refractivity (Wildman–Crippen MR) is 109 cm³/mol. The summed E-state index contributed by atoms with van der Waals surface area (Å²) in [6.45, 7) is 3.48. The second-order valence-electron chi connectivity index (χ2n) is 7.94. The third-order valence-electron chi connectivity index (χ3n) is 5.52. The first-order chi connectivity index (χ1) is 14.6. The van der Waals surface area contributed by atoms with Crippen molar-refractivity contribution in [3.05, 3.63) is 70.8 Å². The van der Waals surface area contributed by atoms with Gasteiger partial charge in [-0.25, -0.2) is 4.68 Å². The van der Waals surface area contributed by atoms with Gasteiger partial charge in [0.05, 0.1) is 41.7 Å². The Morgan fingerprint density at radius 3 is 2.87 bits per heavy atom. The van der Waals surface area contributed by atoms with E-state index in [0.717, 1.165) is 22.6 Å². The van der Waals surface area contributed by atoms with Crippen LogP contribution in [0.2, 0.25) is 0 Å². The molecule has 1 aliphatic heterocycles. The van der Waals surface area contributed by atoms with Gasteiger partial charge in [-0.15, -0.1) is 0 Å². The van der Waals surface area contributed by atoms with Crippen molar-refractivity contribution >= 4 is 5.91 Å². The van der Waals surface area contributed by atoms with Crippen LogP contribution in [0, 0.1) is 24.2 Å². The van der Waals surface area contributed by atoms with Crippen molar-refractivity contribution in [1.82, 2.24) is 19.7 Å². The fourth-order valence-corrected chi connectivity index (χ4v) is 3.66. The third-order valence-corrected chi connectivity index (χ3v) is 5.52. The molecule has 0 saturated heterocycles. The van der Waals surface area contributed by atoms with Crippen LogP contribution in [-0.2, 0) is 13.1 Å². The molecule has 0 spiro atoms. The van der Waals surface area contributed by atoms with Gasteiger partial charge >= 0.3 is 0 Å². The molecule has 2 aromatic heterocycles. The Morgan fingerprint density at radius 2 is 2.13 bits per heavy atom. The Balaban J connectivity index is 1.36. The Morgan fingerprint density at radius 1 is 1.27 bits per heavy atom. The van der Waals surface area contributed by atoms with Crippen molar-refractivity contribution in [1.29, 1.82) is 5.26 Å². The van der Waals surface area contributed by atoms with Gasteiger partial charge in [0.1, 0.15) is 5.75 Å². The average molecular weight is 399 g/mol. The number of rotatable bonds is 5.